The SMILES string of the molecule is O=C1C2CC3(CO3)CC2CN1c1ccc(OC(F)(F)F)cc1. The molecule has 0 radical (unpaired) electrons. The number of alkyl halides is 3. The maximum Gasteiger partial charge on any atom is 0.573 e. The van der Waals surface area contributed by atoms with Crippen LogP contribution >= 0.6 is 0 Å². The highest BCUT2D eigenvalue weighted by Crippen LogP contribution is 2.53. The second-order valence-electron chi connectivity index (χ2n) is 6.24. The molecule has 1 aliphatic carbocycles. The minimum absolute atomic E-state index is 0.0198. The summed E-state index contributed by atoms with van der Waals surface area (Å²) >= 11 is 0. The zero-order chi connectivity index (χ0) is 15.5. The maximum absolute atomic E-state index is 12.5. The Bertz CT molecular complexity index is 609. The van der Waals surface area contributed by atoms with Crippen molar-refractivity contribution >= 4 is 11.6 Å². The molecule has 1 saturated carbocycles. The number of hydrogen-bond donors (Lipinski definition) is 0. The van der Waals surface area contributed by atoms with Crippen LogP contribution in [0.4, 0.5) is 18.9 Å². The standard InChI is InChI=1S/C15H14F3NO3/c16-15(17,18)22-11-3-1-10(2-4-11)19-7-9-5-14(8-21-14)6-12(9)13(19)20/h1-4,9,12H,5-8H2. The molecule has 2 aliphatic heterocycles. The zero-order valence-electron chi connectivity index (χ0n) is 11.6. The molecule has 4 rings (SSSR count). The van der Waals surface area contributed by atoms with E-state index in [1.54, 1.807) is 4.90 Å². The van der Waals surface area contributed by atoms with Crippen molar-refractivity contribution in [2.24, 2.45) is 11.8 Å². The third-order valence-corrected chi connectivity index (χ3v) is 4.73. The van der Waals surface area contributed by atoms with Crippen LogP contribution in [0.25, 0.3) is 0 Å². The van der Waals surface area contributed by atoms with Crippen LogP contribution in [0.15, 0.2) is 24.3 Å². The number of carbonyl (C=O) groups is 1. The molecule has 1 spiro atoms. The smallest absolute Gasteiger partial charge is 0.406 e. The molecule has 0 aromatic heterocycles. The lowest BCUT2D eigenvalue weighted by molar-refractivity contribution is -0.274. The molecule has 22 heavy (non-hydrogen) atoms. The quantitative estimate of drug-likeness (QED) is 0.789. The minimum atomic E-state index is -4.71. The molecule has 7 heteroatoms. The fourth-order valence-corrected chi connectivity index (χ4v) is 3.67. The Balaban J connectivity index is 1.48. The molecule has 3 aliphatic rings. The van der Waals surface area contributed by atoms with E-state index in [0.29, 0.717) is 12.2 Å². The van der Waals surface area contributed by atoms with E-state index in [2.05, 4.69) is 4.74 Å². The van der Waals surface area contributed by atoms with Crippen LogP contribution in [-0.2, 0) is 9.53 Å². The summed E-state index contributed by atoms with van der Waals surface area (Å²) in [6.45, 7) is 1.35. The van der Waals surface area contributed by atoms with Crippen LogP contribution in [-0.4, -0.2) is 31.0 Å². The molecule has 4 nitrogen and oxygen atoms in total. The summed E-state index contributed by atoms with van der Waals surface area (Å²) in [4.78, 5) is 14.1. The molecule has 0 N–H and O–H groups in total. The fourth-order valence-electron chi connectivity index (χ4n) is 3.67. The van der Waals surface area contributed by atoms with Crippen LogP contribution < -0.4 is 9.64 Å². The van der Waals surface area contributed by atoms with Crippen LogP contribution in [0.3, 0.4) is 0 Å². The van der Waals surface area contributed by atoms with Crippen molar-refractivity contribution in [1.82, 2.24) is 0 Å². The average Bonchev–Trinajstić information content (AvgIpc) is 2.98. The highest BCUT2D eigenvalue weighted by molar-refractivity contribution is 5.98. The molecule has 1 aromatic carbocycles. The van der Waals surface area contributed by atoms with Gasteiger partial charge in [-0.1, -0.05) is 0 Å². The lowest BCUT2D eigenvalue weighted by Gasteiger charge is -2.19. The number of halogens is 3. The number of epoxide rings is 1. The van der Waals surface area contributed by atoms with Gasteiger partial charge in [-0.2, -0.15) is 0 Å². The van der Waals surface area contributed by atoms with Gasteiger partial charge in [0, 0.05) is 18.2 Å². The van der Waals surface area contributed by atoms with Gasteiger partial charge in [-0.25, -0.2) is 0 Å². The number of hydrogen-bond acceptors (Lipinski definition) is 3. The monoisotopic (exact) mass is 313 g/mol. The molecule has 2 saturated heterocycles. The average molecular weight is 313 g/mol. The summed E-state index contributed by atoms with van der Waals surface area (Å²) in [6, 6.07) is 5.44. The molecule has 2 heterocycles. The summed E-state index contributed by atoms with van der Waals surface area (Å²) in [5, 5.41) is 0. The molecular formula is C15H14F3NO3. The van der Waals surface area contributed by atoms with Gasteiger partial charge < -0.3 is 14.4 Å². The number of carbonyl (C=O) groups excluding carboxylic acids is 1. The largest absolute Gasteiger partial charge is 0.573 e. The predicted octanol–water partition coefficient (Wildman–Crippen LogP) is 2.73. The molecule has 1 aromatic rings. The Labute approximate surface area is 124 Å². The van der Waals surface area contributed by atoms with Crippen LogP contribution in [0, 0.1) is 11.8 Å². The van der Waals surface area contributed by atoms with Crippen molar-refractivity contribution in [2.45, 2.75) is 24.8 Å². The Morgan fingerprint density at radius 1 is 1.23 bits per heavy atom. The number of amides is 1. The Morgan fingerprint density at radius 2 is 1.91 bits per heavy atom. The van der Waals surface area contributed by atoms with E-state index in [9.17, 15) is 18.0 Å². The molecule has 1 amide bonds. The summed E-state index contributed by atoms with van der Waals surface area (Å²) in [6.07, 6.45) is -3.04. The summed E-state index contributed by atoms with van der Waals surface area (Å²) < 4.78 is 45.7. The van der Waals surface area contributed by atoms with Gasteiger partial charge in [-0.3, -0.25) is 4.79 Å². The Kier molecular flexibility index (Phi) is 2.76. The van der Waals surface area contributed by atoms with Gasteiger partial charge >= 0.3 is 6.36 Å². The second kappa shape index (κ2) is 4.38. The minimum Gasteiger partial charge on any atom is -0.406 e. The van der Waals surface area contributed by atoms with Crippen LogP contribution in [0.5, 0.6) is 5.75 Å². The van der Waals surface area contributed by atoms with Crippen molar-refractivity contribution in [3.8, 4) is 5.75 Å². The first-order valence-corrected chi connectivity index (χ1v) is 7.16. The first kappa shape index (κ1) is 13.9. The van der Waals surface area contributed by atoms with Gasteiger partial charge in [0.1, 0.15) is 5.75 Å². The van der Waals surface area contributed by atoms with Crippen molar-refractivity contribution in [2.75, 3.05) is 18.1 Å². The highest BCUT2D eigenvalue weighted by atomic mass is 19.4. The molecule has 3 atom stereocenters. The van der Waals surface area contributed by atoms with E-state index < -0.39 is 6.36 Å². The molecule has 3 fully saturated rings. The predicted molar refractivity (Wildman–Crippen MR) is 70.4 cm³/mol. The van der Waals surface area contributed by atoms with Crippen LogP contribution in [0.1, 0.15) is 12.8 Å². The molecule has 118 valence electrons. The summed E-state index contributed by atoms with van der Waals surface area (Å²) in [5.41, 5.74) is 0.557. The zero-order valence-corrected chi connectivity index (χ0v) is 11.6. The van der Waals surface area contributed by atoms with Crippen molar-refractivity contribution < 1.29 is 27.4 Å². The van der Waals surface area contributed by atoms with Gasteiger partial charge in [0.25, 0.3) is 0 Å². The summed E-state index contributed by atoms with van der Waals surface area (Å²) in [7, 11) is 0. The Hall–Kier alpha value is -1.76. The highest BCUT2D eigenvalue weighted by Gasteiger charge is 2.60. The second-order valence-corrected chi connectivity index (χ2v) is 6.24. The first-order chi connectivity index (χ1) is 10.4. The van der Waals surface area contributed by atoms with Crippen molar-refractivity contribution in [3.63, 3.8) is 0 Å². The van der Waals surface area contributed by atoms with Gasteiger partial charge in [0.2, 0.25) is 5.91 Å². The lowest BCUT2D eigenvalue weighted by atomic mass is 10.0. The van der Waals surface area contributed by atoms with E-state index in [-0.39, 0.29) is 29.1 Å². The van der Waals surface area contributed by atoms with Crippen molar-refractivity contribution in [3.05, 3.63) is 24.3 Å². The molecule has 0 bridgehead atoms. The first-order valence-electron chi connectivity index (χ1n) is 7.16. The normalized spacial score (nSPS) is 33.4. The van der Waals surface area contributed by atoms with E-state index >= 15 is 0 Å². The third-order valence-electron chi connectivity index (χ3n) is 4.73. The maximum atomic E-state index is 12.5. The topological polar surface area (TPSA) is 42.1 Å². The summed E-state index contributed by atoms with van der Waals surface area (Å²) in [5.74, 6) is 0.0185. The number of rotatable bonds is 2. The lowest BCUT2D eigenvalue weighted by Crippen LogP contribution is -2.28. The molecule has 3 unspecified atom stereocenters. The number of anilines is 1. The van der Waals surface area contributed by atoms with E-state index in [1.807, 2.05) is 0 Å². The Morgan fingerprint density at radius 3 is 2.45 bits per heavy atom. The fraction of sp³-hybridized carbons (Fsp3) is 0.533. The number of ether oxygens (including phenoxy) is 2. The van der Waals surface area contributed by atoms with E-state index in [4.69, 9.17) is 4.74 Å². The van der Waals surface area contributed by atoms with Gasteiger partial charge in [-0.05, 0) is 43.0 Å². The van der Waals surface area contributed by atoms with Crippen LogP contribution in [0.2, 0.25) is 0 Å². The van der Waals surface area contributed by atoms with E-state index in [0.717, 1.165) is 19.4 Å². The van der Waals surface area contributed by atoms with Gasteiger partial charge in [-0.15, -0.1) is 13.2 Å². The third kappa shape index (κ3) is 2.33. The van der Waals surface area contributed by atoms with Gasteiger partial charge in [0.15, 0.2) is 0 Å². The van der Waals surface area contributed by atoms with Gasteiger partial charge in [0.05, 0.1) is 12.2 Å². The van der Waals surface area contributed by atoms with E-state index in [1.165, 1.54) is 24.3 Å². The van der Waals surface area contributed by atoms with Crippen molar-refractivity contribution in [1.29, 1.82) is 0 Å². The number of nitrogens with zero attached hydrogens (tertiary/aromatic N) is 1. The number of benzene rings is 1. The number of fused-ring (bicyclic) bond motifs is 1. The molecular weight excluding hydrogens is 299 g/mol.